The molecule has 2 heterocycles. The molecule has 2 nitrogen and oxygen atoms in total. The molecular formula is C16H18N2S. The molecule has 0 aliphatic heterocycles. The van der Waals surface area contributed by atoms with Crippen molar-refractivity contribution in [2.45, 2.75) is 34.6 Å². The number of aromatic nitrogens is 2. The van der Waals surface area contributed by atoms with E-state index in [0.29, 0.717) is 0 Å². The molecule has 1 aromatic carbocycles. The summed E-state index contributed by atoms with van der Waals surface area (Å²) in [5.74, 6) is 0. The van der Waals surface area contributed by atoms with E-state index in [4.69, 9.17) is 4.98 Å². The number of benzene rings is 1. The summed E-state index contributed by atoms with van der Waals surface area (Å²) >= 11 is 1.76. The zero-order valence-electron chi connectivity index (χ0n) is 12.0. The third kappa shape index (κ3) is 1.89. The van der Waals surface area contributed by atoms with Crippen LogP contribution in [-0.2, 0) is 0 Å². The van der Waals surface area contributed by atoms with Gasteiger partial charge in [-0.3, -0.25) is 4.40 Å². The Morgan fingerprint density at radius 1 is 1.00 bits per heavy atom. The third-order valence-electron chi connectivity index (χ3n) is 3.72. The monoisotopic (exact) mass is 270 g/mol. The van der Waals surface area contributed by atoms with E-state index in [9.17, 15) is 0 Å². The molecule has 0 saturated carbocycles. The Morgan fingerprint density at radius 3 is 2.21 bits per heavy atom. The van der Waals surface area contributed by atoms with Crippen LogP contribution in [0.5, 0.6) is 0 Å². The Hall–Kier alpha value is -1.61. The van der Waals surface area contributed by atoms with E-state index in [1.54, 1.807) is 11.3 Å². The van der Waals surface area contributed by atoms with Crippen LogP contribution >= 0.6 is 11.3 Å². The maximum Gasteiger partial charge on any atom is 0.194 e. The van der Waals surface area contributed by atoms with Crippen LogP contribution in [0.1, 0.15) is 27.3 Å². The average molecular weight is 270 g/mol. The van der Waals surface area contributed by atoms with Crippen molar-refractivity contribution >= 4 is 16.3 Å². The van der Waals surface area contributed by atoms with Crippen molar-refractivity contribution in [3.8, 4) is 11.3 Å². The summed E-state index contributed by atoms with van der Waals surface area (Å²) in [7, 11) is 0. The lowest BCUT2D eigenvalue weighted by molar-refractivity contribution is 1.11. The van der Waals surface area contributed by atoms with Gasteiger partial charge in [0.25, 0.3) is 0 Å². The minimum atomic E-state index is 1.09. The van der Waals surface area contributed by atoms with E-state index < -0.39 is 0 Å². The summed E-state index contributed by atoms with van der Waals surface area (Å²) in [6.45, 7) is 10.8. The Bertz CT molecular complexity index is 754. The number of aryl methyl sites for hydroxylation is 5. The molecule has 19 heavy (non-hydrogen) atoms. The van der Waals surface area contributed by atoms with E-state index in [1.807, 2.05) is 0 Å². The van der Waals surface area contributed by atoms with Crippen LogP contribution in [0.25, 0.3) is 16.2 Å². The number of imidazole rings is 1. The fourth-order valence-corrected chi connectivity index (χ4v) is 3.71. The lowest BCUT2D eigenvalue weighted by atomic mass is 9.98. The van der Waals surface area contributed by atoms with Crippen molar-refractivity contribution in [1.29, 1.82) is 0 Å². The minimum absolute atomic E-state index is 1.09. The van der Waals surface area contributed by atoms with Crippen molar-refractivity contribution in [2.24, 2.45) is 0 Å². The first-order chi connectivity index (χ1) is 8.97. The van der Waals surface area contributed by atoms with Gasteiger partial charge in [0.05, 0.1) is 5.69 Å². The van der Waals surface area contributed by atoms with E-state index in [-0.39, 0.29) is 0 Å². The van der Waals surface area contributed by atoms with Gasteiger partial charge in [0, 0.05) is 22.3 Å². The van der Waals surface area contributed by atoms with E-state index >= 15 is 0 Å². The van der Waals surface area contributed by atoms with Crippen LogP contribution in [0.4, 0.5) is 0 Å². The Labute approximate surface area is 117 Å². The minimum Gasteiger partial charge on any atom is -0.294 e. The van der Waals surface area contributed by atoms with Crippen molar-refractivity contribution in [1.82, 2.24) is 9.38 Å². The SMILES string of the molecule is Cc1cc(C)c(-c2cn3c(C)c(C)sc3n2)c(C)c1. The highest BCUT2D eigenvalue weighted by molar-refractivity contribution is 7.17. The van der Waals surface area contributed by atoms with Crippen molar-refractivity contribution in [3.63, 3.8) is 0 Å². The average Bonchev–Trinajstić information content (AvgIpc) is 2.79. The molecule has 0 aliphatic carbocycles. The number of hydrogen-bond donors (Lipinski definition) is 0. The fourth-order valence-electron chi connectivity index (χ4n) is 2.76. The number of thiazole rings is 1. The van der Waals surface area contributed by atoms with Gasteiger partial charge in [-0.05, 0) is 45.7 Å². The van der Waals surface area contributed by atoms with Crippen LogP contribution in [-0.4, -0.2) is 9.38 Å². The van der Waals surface area contributed by atoms with Gasteiger partial charge < -0.3 is 0 Å². The first-order valence-corrected chi connectivity index (χ1v) is 7.32. The molecule has 0 aliphatic rings. The predicted molar refractivity (Wildman–Crippen MR) is 82.2 cm³/mol. The number of hydrogen-bond acceptors (Lipinski definition) is 2. The Kier molecular flexibility index (Phi) is 2.75. The highest BCUT2D eigenvalue weighted by Gasteiger charge is 2.13. The molecule has 0 atom stereocenters. The molecule has 98 valence electrons. The summed E-state index contributed by atoms with van der Waals surface area (Å²) in [6.07, 6.45) is 2.17. The standard InChI is InChI=1S/C16H18N2S/c1-9-6-10(2)15(11(3)7-9)14-8-18-12(4)13(5)19-16(18)17-14/h6-8H,1-5H3. The molecular weight excluding hydrogens is 252 g/mol. The summed E-state index contributed by atoms with van der Waals surface area (Å²) in [4.78, 5) is 7.22. The van der Waals surface area contributed by atoms with Crippen molar-refractivity contribution < 1.29 is 0 Å². The predicted octanol–water partition coefficient (Wildman–Crippen LogP) is 4.60. The zero-order chi connectivity index (χ0) is 13.7. The molecule has 0 N–H and O–H groups in total. The topological polar surface area (TPSA) is 17.3 Å². The van der Waals surface area contributed by atoms with Crippen LogP contribution in [0.2, 0.25) is 0 Å². The van der Waals surface area contributed by atoms with E-state index in [0.717, 1.165) is 10.7 Å². The van der Waals surface area contributed by atoms with Gasteiger partial charge in [0.1, 0.15) is 0 Å². The molecule has 3 heteroatoms. The molecule has 0 unspecified atom stereocenters. The van der Waals surface area contributed by atoms with E-state index in [1.165, 1.54) is 32.8 Å². The number of nitrogens with zero attached hydrogens (tertiary/aromatic N) is 2. The summed E-state index contributed by atoms with van der Waals surface area (Å²) in [5, 5.41) is 0. The van der Waals surface area contributed by atoms with Crippen molar-refractivity contribution in [3.05, 3.63) is 45.6 Å². The molecule has 3 aromatic rings. The smallest absolute Gasteiger partial charge is 0.194 e. The van der Waals surface area contributed by atoms with Gasteiger partial charge in [0.2, 0.25) is 0 Å². The molecule has 0 fully saturated rings. The summed E-state index contributed by atoms with van der Waals surface area (Å²) in [5.41, 5.74) is 7.58. The second-order valence-corrected chi connectivity index (χ2v) is 6.48. The van der Waals surface area contributed by atoms with Crippen LogP contribution in [0, 0.1) is 34.6 Å². The van der Waals surface area contributed by atoms with Crippen molar-refractivity contribution in [2.75, 3.05) is 0 Å². The number of rotatable bonds is 1. The molecule has 2 aromatic heterocycles. The van der Waals surface area contributed by atoms with Crippen LogP contribution < -0.4 is 0 Å². The van der Waals surface area contributed by atoms with Gasteiger partial charge in [0.15, 0.2) is 4.96 Å². The normalized spacial score (nSPS) is 11.4. The third-order valence-corrected chi connectivity index (χ3v) is 4.79. The van der Waals surface area contributed by atoms with Crippen LogP contribution in [0.15, 0.2) is 18.3 Å². The highest BCUT2D eigenvalue weighted by atomic mass is 32.1. The molecule has 3 rings (SSSR count). The Morgan fingerprint density at radius 2 is 1.63 bits per heavy atom. The summed E-state index contributed by atoms with van der Waals surface area (Å²) < 4.78 is 2.20. The Balaban J connectivity index is 2.25. The van der Waals surface area contributed by atoms with Gasteiger partial charge in [-0.15, -0.1) is 11.3 Å². The van der Waals surface area contributed by atoms with Gasteiger partial charge in [-0.1, -0.05) is 17.7 Å². The van der Waals surface area contributed by atoms with Gasteiger partial charge >= 0.3 is 0 Å². The lowest BCUT2D eigenvalue weighted by Gasteiger charge is -2.08. The van der Waals surface area contributed by atoms with Gasteiger partial charge in [-0.25, -0.2) is 4.98 Å². The molecule has 0 radical (unpaired) electrons. The molecule has 0 amide bonds. The van der Waals surface area contributed by atoms with Crippen LogP contribution in [0.3, 0.4) is 0 Å². The maximum absolute atomic E-state index is 4.80. The number of fused-ring (bicyclic) bond motifs is 1. The molecule has 0 spiro atoms. The highest BCUT2D eigenvalue weighted by Crippen LogP contribution is 2.30. The maximum atomic E-state index is 4.80. The quantitative estimate of drug-likeness (QED) is 0.631. The molecule has 0 bridgehead atoms. The fraction of sp³-hybridized carbons (Fsp3) is 0.312. The summed E-state index contributed by atoms with van der Waals surface area (Å²) in [6, 6.07) is 4.46. The molecule has 0 saturated heterocycles. The first-order valence-electron chi connectivity index (χ1n) is 6.50. The van der Waals surface area contributed by atoms with Gasteiger partial charge in [-0.2, -0.15) is 0 Å². The second-order valence-electron chi connectivity index (χ2n) is 5.30. The first kappa shape index (κ1) is 12.4. The largest absolute Gasteiger partial charge is 0.294 e. The zero-order valence-corrected chi connectivity index (χ0v) is 12.9. The second kappa shape index (κ2) is 4.20. The van der Waals surface area contributed by atoms with E-state index in [2.05, 4.69) is 57.3 Å². The lowest BCUT2D eigenvalue weighted by Crippen LogP contribution is -1.90.